The summed E-state index contributed by atoms with van der Waals surface area (Å²) < 4.78 is 0. The zero-order valence-corrected chi connectivity index (χ0v) is 11.9. The molecular weight excluding hydrogens is 208 g/mol. The fourth-order valence-electron chi connectivity index (χ4n) is 1.49. The molecule has 1 heterocycles. The van der Waals surface area contributed by atoms with Gasteiger partial charge in [-0.1, -0.05) is 59.7 Å². The number of fused-ring (bicyclic) bond motifs is 1. The van der Waals surface area contributed by atoms with Crippen molar-refractivity contribution in [2.45, 2.75) is 47.5 Å². The Kier molecular flexibility index (Phi) is 7.95. The van der Waals surface area contributed by atoms with Gasteiger partial charge in [-0.2, -0.15) is 0 Å². The minimum atomic E-state index is 0.452. The topological polar surface area (TPSA) is 25.8 Å². The smallest absolute Gasteiger partial charge is 0.116 e. The van der Waals surface area contributed by atoms with Crippen molar-refractivity contribution >= 4 is 10.9 Å². The van der Waals surface area contributed by atoms with Crippen LogP contribution in [0.4, 0.5) is 0 Å². The van der Waals surface area contributed by atoms with Gasteiger partial charge in [-0.05, 0) is 12.0 Å². The molecule has 17 heavy (non-hydrogen) atoms. The van der Waals surface area contributed by atoms with Crippen molar-refractivity contribution in [3.05, 3.63) is 36.3 Å². The summed E-state index contributed by atoms with van der Waals surface area (Å²) in [5.74, 6) is 0.452. The Hall–Kier alpha value is -1.44. The van der Waals surface area contributed by atoms with E-state index in [0.717, 1.165) is 11.2 Å². The zero-order valence-electron chi connectivity index (χ0n) is 11.9. The van der Waals surface area contributed by atoms with Gasteiger partial charge >= 0.3 is 0 Å². The second kappa shape index (κ2) is 8.68. The summed E-state index contributed by atoms with van der Waals surface area (Å²) in [6.07, 6.45) is 1.64. The highest BCUT2D eigenvalue weighted by atomic mass is 14.8. The Balaban J connectivity index is 0.000000581. The minimum absolute atomic E-state index is 0.452. The molecule has 0 unspecified atom stereocenters. The van der Waals surface area contributed by atoms with Crippen LogP contribution in [0.15, 0.2) is 30.6 Å². The first-order valence-electron chi connectivity index (χ1n) is 6.48. The van der Waals surface area contributed by atoms with Crippen molar-refractivity contribution in [1.29, 1.82) is 0 Å². The molecule has 0 bridgehead atoms. The molecule has 0 spiro atoms. The van der Waals surface area contributed by atoms with Gasteiger partial charge in [-0.3, -0.25) is 0 Å². The summed E-state index contributed by atoms with van der Waals surface area (Å²) >= 11 is 0. The van der Waals surface area contributed by atoms with Gasteiger partial charge in [0.15, 0.2) is 0 Å². The number of hydrogen-bond donors (Lipinski definition) is 0. The Morgan fingerprint density at radius 2 is 1.47 bits per heavy atom. The van der Waals surface area contributed by atoms with Crippen LogP contribution in [-0.2, 0) is 0 Å². The standard InChI is InChI=1S/C11H12N2.2C2H6/c1-8(2)11-9-5-3-4-6-10(9)12-7-13-11;2*1-2/h3-8H,1-2H3;2*1-2H3. The summed E-state index contributed by atoms with van der Waals surface area (Å²) in [6.45, 7) is 12.3. The number of nitrogens with zero attached hydrogens (tertiary/aromatic N) is 2. The minimum Gasteiger partial charge on any atom is -0.240 e. The molecule has 0 aliphatic rings. The average molecular weight is 232 g/mol. The maximum Gasteiger partial charge on any atom is 0.116 e. The quantitative estimate of drug-likeness (QED) is 0.705. The molecular formula is C15H24N2. The molecule has 2 aromatic rings. The SMILES string of the molecule is CC.CC.CC(C)c1ncnc2ccccc12. The van der Waals surface area contributed by atoms with E-state index in [1.807, 2.05) is 45.9 Å². The van der Waals surface area contributed by atoms with E-state index in [0.29, 0.717) is 5.92 Å². The van der Waals surface area contributed by atoms with Crippen LogP contribution in [0.3, 0.4) is 0 Å². The van der Waals surface area contributed by atoms with Crippen LogP contribution in [-0.4, -0.2) is 9.97 Å². The van der Waals surface area contributed by atoms with E-state index in [1.54, 1.807) is 6.33 Å². The number of benzene rings is 1. The lowest BCUT2D eigenvalue weighted by Gasteiger charge is -2.06. The first-order chi connectivity index (χ1) is 8.29. The molecule has 0 aliphatic heterocycles. The van der Waals surface area contributed by atoms with Crippen molar-refractivity contribution in [2.75, 3.05) is 0 Å². The fourth-order valence-corrected chi connectivity index (χ4v) is 1.49. The third kappa shape index (κ3) is 4.14. The van der Waals surface area contributed by atoms with Crippen molar-refractivity contribution in [2.24, 2.45) is 0 Å². The van der Waals surface area contributed by atoms with Crippen LogP contribution in [0.1, 0.15) is 53.2 Å². The van der Waals surface area contributed by atoms with E-state index in [2.05, 4.69) is 29.9 Å². The molecule has 0 atom stereocenters. The predicted octanol–water partition coefficient (Wildman–Crippen LogP) is 4.81. The van der Waals surface area contributed by atoms with Gasteiger partial charge < -0.3 is 0 Å². The second-order valence-electron chi connectivity index (χ2n) is 3.43. The van der Waals surface area contributed by atoms with Crippen LogP contribution >= 0.6 is 0 Å². The van der Waals surface area contributed by atoms with Crippen LogP contribution in [0, 0.1) is 0 Å². The van der Waals surface area contributed by atoms with E-state index in [-0.39, 0.29) is 0 Å². The fraction of sp³-hybridized carbons (Fsp3) is 0.467. The largest absolute Gasteiger partial charge is 0.240 e. The normalized spacial score (nSPS) is 9.12. The van der Waals surface area contributed by atoms with Crippen molar-refractivity contribution in [1.82, 2.24) is 9.97 Å². The molecule has 0 radical (unpaired) electrons. The molecule has 0 saturated carbocycles. The first kappa shape index (κ1) is 15.6. The average Bonchev–Trinajstić information content (AvgIpc) is 2.42. The number of para-hydroxylation sites is 1. The predicted molar refractivity (Wildman–Crippen MR) is 76.3 cm³/mol. The molecule has 0 N–H and O–H groups in total. The number of hydrogen-bond acceptors (Lipinski definition) is 2. The van der Waals surface area contributed by atoms with Gasteiger partial charge in [0.05, 0.1) is 11.2 Å². The van der Waals surface area contributed by atoms with Crippen molar-refractivity contribution in [3.8, 4) is 0 Å². The maximum atomic E-state index is 4.30. The molecule has 0 saturated heterocycles. The highest BCUT2D eigenvalue weighted by molar-refractivity contribution is 5.80. The summed E-state index contributed by atoms with van der Waals surface area (Å²) in [4.78, 5) is 8.51. The first-order valence-corrected chi connectivity index (χ1v) is 6.48. The lowest BCUT2D eigenvalue weighted by Crippen LogP contribution is -1.94. The molecule has 1 aromatic carbocycles. The molecule has 1 aromatic heterocycles. The van der Waals surface area contributed by atoms with E-state index >= 15 is 0 Å². The molecule has 2 nitrogen and oxygen atoms in total. The van der Waals surface area contributed by atoms with Crippen LogP contribution < -0.4 is 0 Å². The molecule has 0 aliphatic carbocycles. The molecule has 2 heteroatoms. The lowest BCUT2D eigenvalue weighted by atomic mass is 10.1. The van der Waals surface area contributed by atoms with E-state index in [4.69, 9.17) is 0 Å². The highest BCUT2D eigenvalue weighted by Gasteiger charge is 2.05. The van der Waals surface area contributed by atoms with Gasteiger partial charge in [-0.15, -0.1) is 0 Å². The molecule has 2 rings (SSSR count). The Morgan fingerprint density at radius 1 is 0.882 bits per heavy atom. The lowest BCUT2D eigenvalue weighted by molar-refractivity contribution is 0.828. The molecule has 0 fully saturated rings. The Morgan fingerprint density at radius 3 is 2.06 bits per heavy atom. The van der Waals surface area contributed by atoms with Crippen molar-refractivity contribution < 1.29 is 0 Å². The third-order valence-electron chi connectivity index (χ3n) is 2.12. The Bertz CT molecular complexity index is 417. The third-order valence-corrected chi connectivity index (χ3v) is 2.12. The van der Waals surface area contributed by atoms with Gasteiger partial charge in [0, 0.05) is 5.39 Å². The highest BCUT2D eigenvalue weighted by Crippen LogP contribution is 2.20. The number of aromatic nitrogens is 2. The molecule has 94 valence electrons. The van der Waals surface area contributed by atoms with Gasteiger partial charge in [0.2, 0.25) is 0 Å². The summed E-state index contributed by atoms with van der Waals surface area (Å²) in [6, 6.07) is 8.12. The molecule has 0 amide bonds. The van der Waals surface area contributed by atoms with Gasteiger partial charge in [0.25, 0.3) is 0 Å². The monoisotopic (exact) mass is 232 g/mol. The zero-order chi connectivity index (χ0) is 13.3. The van der Waals surface area contributed by atoms with Crippen LogP contribution in [0.5, 0.6) is 0 Å². The van der Waals surface area contributed by atoms with Crippen molar-refractivity contribution in [3.63, 3.8) is 0 Å². The summed E-state index contributed by atoms with van der Waals surface area (Å²) in [5.41, 5.74) is 2.16. The summed E-state index contributed by atoms with van der Waals surface area (Å²) in [5, 5.41) is 1.17. The van der Waals surface area contributed by atoms with E-state index < -0.39 is 0 Å². The maximum absolute atomic E-state index is 4.30. The van der Waals surface area contributed by atoms with Gasteiger partial charge in [0.1, 0.15) is 6.33 Å². The van der Waals surface area contributed by atoms with E-state index in [1.165, 1.54) is 5.39 Å². The number of rotatable bonds is 1. The van der Waals surface area contributed by atoms with E-state index in [9.17, 15) is 0 Å². The second-order valence-corrected chi connectivity index (χ2v) is 3.43. The van der Waals surface area contributed by atoms with Gasteiger partial charge in [-0.25, -0.2) is 9.97 Å². The summed E-state index contributed by atoms with van der Waals surface area (Å²) in [7, 11) is 0. The Labute approximate surface area is 105 Å². The van der Waals surface area contributed by atoms with Crippen LogP contribution in [0.25, 0.3) is 10.9 Å². The van der Waals surface area contributed by atoms with Crippen LogP contribution in [0.2, 0.25) is 0 Å².